The van der Waals surface area contributed by atoms with Gasteiger partial charge in [-0.15, -0.1) is 4.40 Å². The Balaban J connectivity index is 1.30. The molecule has 1 aromatic heterocycles. The number of hydrogen-bond donors (Lipinski definition) is 1. The standard InChI is InChI=1S/C21H20FN5O3S/c22-16-7-3-5-14(11-16)20-24-21(30-25-20)15-6-4-10-27(12-15)13-19-23-17-8-1-2-9-18(17)31(28,29)26-19/h1-3,5,7-9,11,15H,4,6,10,12-13H2,(H,23,26). The monoisotopic (exact) mass is 441 g/mol. The molecule has 2 aliphatic rings. The molecule has 0 radical (unpaired) electrons. The minimum Gasteiger partial charge on any atom is -0.341 e. The predicted octanol–water partition coefficient (Wildman–Crippen LogP) is 3.27. The highest BCUT2D eigenvalue weighted by atomic mass is 32.2. The third-order valence-electron chi connectivity index (χ3n) is 5.43. The number of likely N-dealkylation sites (tertiary alicyclic amines) is 1. The molecule has 1 fully saturated rings. The van der Waals surface area contributed by atoms with Crippen molar-refractivity contribution in [3.05, 3.63) is 60.2 Å². The molecule has 1 saturated heterocycles. The van der Waals surface area contributed by atoms with Crippen LogP contribution in [0.3, 0.4) is 0 Å². The first-order valence-electron chi connectivity index (χ1n) is 10.00. The van der Waals surface area contributed by atoms with Gasteiger partial charge in [0, 0.05) is 12.1 Å². The van der Waals surface area contributed by atoms with E-state index in [0.29, 0.717) is 41.9 Å². The topological polar surface area (TPSA) is 101 Å². The number of fused-ring (bicyclic) bond motifs is 1. The average molecular weight is 441 g/mol. The van der Waals surface area contributed by atoms with E-state index in [0.717, 1.165) is 19.4 Å². The molecule has 0 saturated carbocycles. The van der Waals surface area contributed by atoms with Crippen molar-refractivity contribution in [2.75, 3.05) is 25.0 Å². The highest BCUT2D eigenvalue weighted by Crippen LogP contribution is 2.29. The van der Waals surface area contributed by atoms with Crippen molar-refractivity contribution < 1.29 is 17.3 Å². The van der Waals surface area contributed by atoms with Gasteiger partial charge in [-0.25, -0.2) is 4.39 Å². The van der Waals surface area contributed by atoms with Crippen LogP contribution in [0, 0.1) is 5.82 Å². The molecule has 1 unspecified atom stereocenters. The highest BCUT2D eigenvalue weighted by Gasteiger charge is 2.29. The summed E-state index contributed by atoms with van der Waals surface area (Å²) in [4.78, 5) is 6.77. The van der Waals surface area contributed by atoms with Gasteiger partial charge in [-0.1, -0.05) is 29.4 Å². The highest BCUT2D eigenvalue weighted by molar-refractivity contribution is 7.90. The molecule has 2 aliphatic heterocycles. The summed E-state index contributed by atoms with van der Waals surface area (Å²) in [7, 11) is -3.71. The molecule has 10 heteroatoms. The van der Waals surface area contributed by atoms with Crippen molar-refractivity contribution in [3.8, 4) is 11.4 Å². The smallest absolute Gasteiger partial charge is 0.286 e. The summed E-state index contributed by atoms with van der Waals surface area (Å²) in [6.45, 7) is 1.81. The molecule has 0 aliphatic carbocycles. The fourth-order valence-corrected chi connectivity index (χ4v) is 5.13. The predicted molar refractivity (Wildman–Crippen MR) is 113 cm³/mol. The van der Waals surface area contributed by atoms with E-state index < -0.39 is 10.0 Å². The molecule has 0 bridgehead atoms. The van der Waals surface area contributed by atoms with Gasteiger partial charge in [0.25, 0.3) is 10.0 Å². The molecule has 5 rings (SSSR count). The van der Waals surface area contributed by atoms with Crippen LogP contribution >= 0.6 is 0 Å². The van der Waals surface area contributed by atoms with Crippen molar-refractivity contribution in [2.24, 2.45) is 4.40 Å². The first-order chi connectivity index (χ1) is 15.0. The molecule has 31 heavy (non-hydrogen) atoms. The summed E-state index contributed by atoms with van der Waals surface area (Å²) in [6, 6.07) is 12.8. The largest absolute Gasteiger partial charge is 0.341 e. The summed E-state index contributed by atoms with van der Waals surface area (Å²) in [5.41, 5.74) is 1.10. The van der Waals surface area contributed by atoms with E-state index in [1.54, 1.807) is 36.4 Å². The second-order valence-electron chi connectivity index (χ2n) is 7.68. The van der Waals surface area contributed by atoms with Crippen LogP contribution in [0.25, 0.3) is 11.4 Å². The van der Waals surface area contributed by atoms with Crippen molar-refractivity contribution in [1.82, 2.24) is 15.0 Å². The number of nitrogens with one attached hydrogen (secondary N) is 1. The molecule has 3 aromatic rings. The summed E-state index contributed by atoms with van der Waals surface area (Å²) in [5.74, 6) is 0.903. The fraction of sp³-hybridized carbons (Fsp3) is 0.286. The van der Waals surface area contributed by atoms with E-state index in [4.69, 9.17) is 4.52 Å². The lowest BCUT2D eigenvalue weighted by molar-refractivity contribution is 0.207. The minimum absolute atomic E-state index is 0.0108. The molecule has 2 aromatic carbocycles. The van der Waals surface area contributed by atoms with Crippen molar-refractivity contribution >= 4 is 21.5 Å². The van der Waals surface area contributed by atoms with Crippen LogP contribution in [0.1, 0.15) is 24.7 Å². The van der Waals surface area contributed by atoms with Crippen LogP contribution < -0.4 is 5.32 Å². The van der Waals surface area contributed by atoms with Gasteiger partial charge in [0.05, 0.1) is 18.2 Å². The zero-order valence-corrected chi connectivity index (χ0v) is 17.3. The molecule has 160 valence electrons. The van der Waals surface area contributed by atoms with Crippen LogP contribution in [-0.4, -0.2) is 48.9 Å². The van der Waals surface area contributed by atoms with Gasteiger partial charge in [0.15, 0.2) is 0 Å². The van der Waals surface area contributed by atoms with Crippen LogP contribution in [0.5, 0.6) is 0 Å². The first-order valence-corrected chi connectivity index (χ1v) is 11.4. The van der Waals surface area contributed by atoms with E-state index in [2.05, 4.69) is 24.8 Å². The number of benzene rings is 2. The zero-order valence-electron chi connectivity index (χ0n) is 16.5. The Morgan fingerprint density at radius 3 is 2.94 bits per heavy atom. The summed E-state index contributed by atoms with van der Waals surface area (Å²) < 4.78 is 47.8. The number of aromatic nitrogens is 2. The third kappa shape index (κ3) is 4.08. The van der Waals surface area contributed by atoms with Gasteiger partial charge in [-0.2, -0.15) is 13.4 Å². The van der Waals surface area contributed by atoms with Crippen molar-refractivity contribution in [2.45, 2.75) is 23.7 Å². The van der Waals surface area contributed by atoms with Gasteiger partial charge in [-0.05, 0) is 43.7 Å². The van der Waals surface area contributed by atoms with Gasteiger partial charge in [0.1, 0.15) is 16.5 Å². The molecule has 0 amide bonds. The number of para-hydroxylation sites is 1. The van der Waals surface area contributed by atoms with E-state index in [-0.39, 0.29) is 16.6 Å². The van der Waals surface area contributed by atoms with Gasteiger partial charge in [-0.3, -0.25) is 4.90 Å². The Hall–Kier alpha value is -3.11. The number of anilines is 1. The molecule has 1 N–H and O–H groups in total. The Bertz CT molecular complexity index is 1260. The van der Waals surface area contributed by atoms with Crippen LogP contribution in [0.15, 0.2) is 62.3 Å². The van der Waals surface area contributed by atoms with Gasteiger partial charge < -0.3 is 9.84 Å². The minimum atomic E-state index is -3.71. The second-order valence-corrected chi connectivity index (χ2v) is 9.25. The number of amidine groups is 1. The van der Waals surface area contributed by atoms with Crippen molar-refractivity contribution in [1.29, 1.82) is 0 Å². The number of piperidine rings is 1. The lowest BCUT2D eigenvalue weighted by atomic mass is 9.98. The molecule has 0 spiro atoms. The SMILES string of the molecule is O=S1(=O)N=C(CN2CCCC(c3nc(-c4cccc(F)c4)no3)C2)Nc2ccccc21. The Morgan fingerprint density at radius 1 is 1.19 bits per heavy atom. The number of nitrogens with zero attached hydrogens (tertiary/aromatic N) is 4. The van der Waals surface area contributed by atoms with Gasteiger partial charge >= 0.3 is 0 Å². The number of halogens is 1. The lowest BCUT2D eigenvalue weighted by Gasteiger charge is -2.31. The van der Waals surface area contributed by atoms with E-state index >= 15 is 0 Å². The van der Waals surface area contributed by atoms with E-state index in [9.17, 15) is 12.8 Å². The molecular formula is C21H20FN5O3S. The summed E-state index contributed by atoms with van der Waals surface area (Å²) >= 11 is 0. The van der Waals surface area contributed by atoms with E-state index in [1.165, 1.54) is 12.1 Å². The summed E-state index contributed by atoms with van der Waals surface area (Å²) in [6.07, 6.45) is 1.78. The number of hydrogen-bond acceptors (Lipinski definition) is 7. The fourth-order valence-electron chi connectivity index (χ4n) is 3.99. The Kier molecular flexibility index (Phi) is 5.03. The maximum Gasteiger partial charge on any atom is 0.286 e. The quantitative estimate of drug-likeness (QED) is 0.663. The van der Waals surface area contributed by atoms with Crippen LogP contribution in [0.2, 0.25) is 0 Å². The first kappa shape index (κ1) is 19.8. The molecule has 8 nitrogen and oxygen atoms in total. The Morgan fingerprint density at radius 2 is 2.06 bits per heavy atom. The van der Waals surface area contributed by atoms with Crippen LogP contribution in [0.4, 0.5) is 10.1 Å². The van der Waals surface area contributed by atoms with Crippen molar-refractivity contribution in [3.63, 3.8) is 0 Å². The molecule has 3 heterocycles. The normalized spacial score (nSPS) is 20.5. The summed E-state index contributed by atoms with van der Waals surface area (Å²) in [5, 5.41) is 7.13. The maximum atomic E-state index is 13.5. The lowest BCUT2D eigenvalue weighted by Crippen LogP contribution is -2.41. The zero-order chi connectivity index (χ0) is 21.4. The maximum absolute atomic E-state index is 13.5. The second kappa shape index (κ2) is 7.86. The van der Waals surface area contributed by atoms with E-state index in [1.807, 2.05) is 0 Å². The van der Waals surface area contributed by atoms with Crippen LogP contribution in [-0.2, 0) is 10.0 Å². The third-order valence-corrected chi connectivity index (χ3v) is 6.80. The number of sulfonamides is 1. The van der Waals surface area contributed by atoms with Gasteiger partial charge in [0.2, 0.25) is 11.7 Å². The Labute approximate surface area is 178 Å². The molecule has 1 atom stereocenters. The molecular weight excluding hydrogens is 421 g/mol. The average Bonchev–Trinajstić information content (AvgIpc) is 3.24. The number of rotatable bonds is 4.